The number of ether oxygens (including phenoxy) is 2. The average Bonchev–Trinajstić information content (AvgIpc) is 3.18. The molecule has 156 valence electrons. The Bertz CT molecular complexity index is 1150. The van der Waals surface area contributed by atoms with Gasteiger partial charge in [-0.25, -0.2) is 8.42 Å². The fraction of sp³-hybridized carbons (Fsp3) is 0.300. The Hall–Kier alpha value is -2.23. The van der Waals surface area contributed by atoms with Crippen LogP contribution in [-0.4, -0.2) is 55.5 Å². The van der Waals surface area contributed by atoms with Crippen LogP contribution in [0.4, 0.5) is 5.69 Å². The molecule has 2 aromatic rings. The molecule has 0 spiro atoms. The first-order valence-corrected chi connectivity index (χ1v) is 12.4. The van der Waals surface area contributed by atoms with Gasteiger partial charge in [-0.1, -0.05) is 23.4 Å². The molecular formula is C20H17ClN2O5S2. The zero-order chi connectivity index (χ0) is 20.9. The van der Waals surface area contributed by atoms with Crippen molar-refractivity contribution in [1.82, 2.24) is 0 Å². The summed E-state index contributed by atoms with van der Waals surface area (Å²) in [6.45, 7) is 0.929. The molecule has 1 amide bonds. The number of halogens is 1. The van der Waals surface area contributed by atoms with Crippen molar-refractivity contribution in [3.8, 4) is 11.5 Å². The van der Waals surface area contributed by atoms with Gasteiger partial charge in [-0.3, -0.25) is 4.79 Å². The summed E-state index contributed by atoms with van der Waals surface area (Å²) in [7, 11) is -3.15. The van der Waals surface area contributed by atoms with Crippen LogP contribution in [0.5, 0.6) is 11.5 Å². The maximum atomic E-state index is 12.7. The van der Waals surface area contributed by atoms with Gasteiger partial charge in [-0.15, -0.1) is 0 Å². The van der Waals surface area contributed by atoms with E-state index in [4.69, 9.17) is 21.1 Å². The molecule has 0 aliphatic carbocycles. The number of amides is 1. The molecule has 5 rings (SSSR count). The van der Waals surface area contributed by atoms with E-state index in [-0.39, 0.29) is 22.8 Å². The number of carbonyl (C=O) groups is 1. The van der Waals surface area contributed by atoms with Crippen LogP contribution in [0.2, 0.25) is 5.02 Å². The summed E-state index contributed by atoms with van der Waals surface area (Å²) in [5.41, 5.74) is 1.14. The van der Waals surface area contributed by atoms with E-state index in [0.717, 1.165) is 5.69 Å². The van der Waals surface area contributed by atoms with Gasteiger partial charge < -0.3 is 14.4 Å². The first-order chi connectivity index (χ1) is 14.4. The molecular weight excluding hydrogens is 448 g/mol. The molecule has 2 fully saturated rings. The molecule has 0 saturated carbocycles. The lowest BCUT2D eigenvalue weighted by Gasteiger charge is -2.26. The largest absolute Gasteiger partial charge is 0.486 e. The molecule has 3 aliphatic rings. The lowest BCUT2D eigenvalue weighted by atomic mass is 10.2. The van der Waals surface area contributed by atoms with Crippen molar-refractivity contribution >= 4 is 50.0 Å². The van der Waals surface area contributed by atoms with Crippen LogP contribution in [0.3, 0.4) is 0 Å². The predicted octanol–water partition coefficient (Wildman–Crippen LogP) is 3.03. The van der Waals surface area contributed by atoms with E-state index in [1.807, 2.05) is 17.0 Å². The minimum atomic E-state index is -3.15. The highest BCUT2D eigenvalue weighted by Gasteiger charge is 2.49. The Kier molecular flexibility index (Phi) is 4.91. The van der Waals surface area contributed by atoms with Crippen molar-refractivity contribution < 1.29 is 22.7 Å². The van der Waals surface area contributed by atoms with Crippen LogP contribution in [0.1, 0.15) is 10.4 Å². The Morgan fingerprint density at radius 3 is 2.57 bits per heavy atom. The first-order valence-electron chi connectivity index (χ1n) is 9.34. The normalized spacial score (nSPS) is 25.4. The highest BCUT2D eigenvalue weighted by Crippen LogP contribution is 2.43. The van der Waals surface area contributed by atoms with Gasteiger partial charge in [-0.05, 0) is 36.4 Å². The summed E-state index contributed by atoms with van der Waals surface area (Å²) >= 11 is 7.23. The van der Waals surface area contributed by atoms with E-state index in [1.165, 1.54) is 11.8 Å². The number of amidine groups is 1. The van der Waals surface area contributed by atoms with E-state index < -0.39 is 15.7 Å². The zero-order valence-electron chi connectivity index (χ0n) is 15.7. The van der Waals surface area contributed by atoms with Crippen molar-refractivity contribution in [3.63, 3.8) is 0 Å². The number of aliphatic imine (C=N–C) groups is 1. The Labute approximate surface area is 182 Å². The van der Waals surface area contributed by atoms with Gasteiger partial charge in [0.25, 0.3) is 5.91 Å². The summed E-state index contributed by atoms with van der Waals surface area (Å²) in [5, 5.41) is 0.837. The minimum Gasteiger partial charge on any atom is -0.486 e. The van der Waals surface area contributed by atoms with Crippen LogP contribution in [-0.2, 0) is 9.84 Å². The van der Waals surface area contributed by atoms with Gasteiger partial charge in [0.15, 0.2) is 26.5 Å². The second-order valence-electron chi connectivity index (χ2n) is 7.20. The molecule has 10 heteroatoms. The number of nitrogens with zero attached hydrogens (tertiary/aromatic N) is 2. The first kappa shape index (κ1) is 19.7. The van der Waals surface area contributed by atoms with Gasteiger partial charge >= 0.3 is 0 Å². The summed E-state index contributed by atoms with van der Waals surface area (Å²) in [4.78, 5) is 18.9. The molecule has 0 aromatic heterocycles. The molecule has 2 atom stereocenters. The Morgan fingerprint density at radius 1 is 1.07 bits per heavy atom. The topological polar surface area (TPSA) is 85.3 Å². The summed E-state index contributed by atoms with van der Waals surface area (Å²) in [6, 6.07) is 11.7. The highest BCUT2D eigenvalue weighted by molar-refractivity contribution is 8.16. The highest BCUT2D eigenvalue weighted by atomic mass is 35.5. The van der Waals surface area contributed by atoms with Gasteiger partial charge in [0.2, 0.25) is 0 Å². The fourth-order valence-corrected chi connectivity index (χ4v) is 7.83. The fourth-order valence-electron chi connectivity index (χ4n) is 3.79. The summed E-state index contributed by atoms with van der Waals surface area (Å²) in [6.07, 6.45) is 0. The molecule has 2 saturated heterocycles. The molecule has 0 N–H and O–H groups in total. The number of fused-ring (bicyclic) bond motifs is 2. The molecule has 7 nitrogen and oxygen atoms in total. The third-order valence-corrected chi connectivity index (χ3v) is 8.62. The van der Waals surface area contributed by atoms with E-state index in [2.05, 4.69) is 4.99 Å². The molecule has 30 heavy (non-hydrogen) atoms. The van der Waals surface area contributed by atoms with Gasteiger partial charge in [0, 0.05) is 27.6 Å². The number of carbonyl (C=O) groups excluding carboxylic acids is 1. The number of anilines is 1. The molecule has 0 unspecified atom stereocenters. The lowest BCUT2D eigenvalue weighted by molar-refractivity contribution is 0.100. The number of hydrogen-bond donors (Lipinski definition) is 0. The van der Waals surface area contributed by atoms with Crippen LogP contribution in [0.25, 0.3) is 0 Å². The van der Waals surface area contributed by atoms with Crippen LogP contribution in [0.15, 0.2) is 47.5 Å². The maximum Gasteiger partial charge on any atom is 0.279 e. The van der Waals surface area contributed by atoms with Crippen LogP contribution < -0.4 is 14.4 Å². The van der Waals surface area contributed by atoms with Crippen molar-refractivity contribution in [3.05, 3.63) is 53.1 Å². The maximum absolute atomic E-state index is 12.7. The number of hydrogen-bond acceptors (Lipinski definition) is 6. The Morgan fingerprint density at radius 2 is 1.80 bits per heavy atom. The number of rotatable bonds is 2. The molecule has 2 aromatic carbocycles. The van der Waals surface area contributed by atoms with Gasteiger partial charge in [0.1, 0.15) is 13.2 Å². The minimum absolute atomic E-state index is 0.0211. The summed E-state index contributed by atoms with van der Waals surface area (Å²) in [5.74, 6) is 0.921. The second-order valence-corrected chi connectivity index (χ2v) is 11.0. The lowest BCUT2D eigenvalue weighted by Crippen LogP contribution is -2.37. The standard InChI is InChI=1S/C20H17ClN2O5S2/c21-13-3-1-12(2-4-13)19(24)22-20-23(15-10-30(25,26)11-18(15)29-20)14-5-6-16-17(9-14)28-8-7-27-16/h1-6,9,15,18H,7-8,10-11H2/t15-,18-/m0/s1. The van der Waals surface area contributed by atoms with Crippen molar-refractivity contribution in [2.45, 2.75) is 11.3 Å². The molecule has 0 bridgehead atoms. The second kappa shape index (κ2) is 7.47. The van der Waals surface area contributed by atoms with Crippen molar-refractivity contribution in [2.24, 2.45) is 4.99 Å². The number of thioether (sulfide) groups is 1. The quantitative estimate of drug-likeness (QED) is 0.675. The van der Waals surface area contributed by atoms with Crippen molar-refractivity contribution in [1.29, 1.82) is 0 Å². The van der Waals surface area contributed by atoms with Crippen molar-refractivity contribution in [2.75, 3.05) is 29.6 Å². The zero-order valence-corrected chi connectivity index (χ0v) is 18.0. The predicted molar refractivity (Wildman–Crippen MR) is 117 cm³/mol. The SMILES string of the molecule is O=C(N=C1S[C@H]2CS(=O)(=O)C[C@@H]2N1c1ccc2c(c1)OCCO2)c1ccc(Cl)cc1. The molecule has 3 heterocycles. The monoisotopic (exact) mass is 464 g/mol. The number of sulfone groups is 1. The van der Waals surface area contributed by atoms with E-state index in [1.54, 1.807) is 30.3 Å². The smallest absolute Gasteiger partial charge is 0.279 e. The van der Waals surface area contributed by atoms with Gasteiger partial charge in [-0.2, -0.15) is 4.99 Å². The van der Waals surface area contributed by atoms with Gasteiger partial charge in [0.05, 0.1) is 17.5 Å². The third-order valence-electron chi connectivity index (χ3n) is 5.16. The average molecular weight is 465 g/mol. The Balaban J connectivity index is 1.53. The van der Waals surface area contributed by atoms with E-state index in [9.17, 15) is 13.2 Å². The van der Waals surface area contributed by atoms with E-state index >= 15 is 0 Å². The number of benzene rings is 2. The molecule has 3 aliphatic heterocycles. The molecule has 0 radical (unpaired) electrons. The van der Waals surface area contributed by atoms with E-state index in [0.29, 0.717) is 40.5 Å². The van der Waals surface area contributed by atoms with Crippen LogP contribution in [0, 0.1) is 0 Å². The van der Waals surface area contributed by atoms with Crippen LogP contribution >= 0.6 is 23.4 Å². The summed E-state index contributed by atoms with van der Waals surface area (Å²) < 4.78 is 35.7. The third kappa shape index (κ3) is 3.66.